The number of hydrogen-bond acceptors (Lipinski definition) is 3. The van der Waals surface area contributed by atoms with Gasteiger partial charge in [0.2, 0.25) is 0 Å². The van der Waals surface area contributed by atoms with E-state index in [1.54, 1.807) is 26.8 Å². The summed E-state index contributed by atoms with van der Waals surface area (Å²) in [6, 6.07) is 3.82. The molecule has 0 radical (unpaired) electrons. The molecule has 1 aromatic carbocycles. The lowest BCUT2D eigenvalue weighted by Crippen LogP contribution is -2.40. The van der Waals surface area contributed by atoms with Gasteiger partial charge >= 0.3 is 12.1 Å². The molecule has 0 fully saturated rings. The molecule has 0 aliphatic rings. The van der Waals surface area contributed by atoms with Crippen LogP contribution >= 0.6 is 15.9 Å². The van der Waals surface area contributed by atoms with E-state index in [9.17, 15) is 14.0 Å². The standard InChI is InChI=1S/C16H21BrFNO4/c1-16(2,3)23-15(22)19-12(6-7-14(20)21)8-10-4-5-11(18)9-13(10)17/h4-5,9,12H,6-8H2,1-3H3,(H,19,22)(H,20,21). The summed E-state index contributed by atoms with van der Waals surface area (Å²) in [4.78, 5) is 22.7. The highest BCUT2D eigenvalue weighted by molar-refractivity contribution is 9.10. The molecule has 0 aliphatic carbocycles. The van der Waals surface area contributed by atoms with E-state index in [0.717, 1.165) is 5.56 Å². The van der Waals surface area contributed by atoms with Crippen LogP contribution in [0.25, 0.3) is 0 Å². The Labute approximate surface area is 143 Å². The van der Waals surface area contributed by atoms with Gasteiger partial charge in [0, 0.05) is 16.9 Å². The average Bonchev–Trinajstić information content (AvgIpc) is 2.36. The number of carbonyl (C=O) groups is 2. The molecule has 1 rings (SSSR count). The van der Waals surface area contributed by atoms with E-state index in [4.69, 9.17) is 9.84 Å². The Morgan fingerprint density at radius 3 is 2.57 bits per heavy atom. The summed E-state index contributed by atoms with van der Waals surface area (Å²) < 4.78 is 18.9. The van der Waals surface area contributed by atoms with Gasteiger partial charge in [0.15, 0.2) is 0 Å². The molecule has 0 spiro atoms. The van der Waals surface area contributed by atoms with Crippen LogP contribution in [0.5, 0.6) is 0 Å². The Bertz CT molecular complexity index is 572. The molecule has 0 heterocycles. The zero-order chi connectivity index (χ0) is 17.6. The van der Waals surface area contributed by atoms with E-state index in [-0.39, 0.29) is 18.7 Å². The lowest BCUT2D eigenvalue weighted by atomic mass is 10.0. The molecule has 1 atom stereocenters. The summed E-state index contributed by atoms with van der Waals surface area (Å²) in [6.07, 6.45) is -0.0726. The second kappa shape index (κ2) is 8.29. The van der Waals surface area contributed by atoms with Gasteiger partial charge in [-0.15, -0.1) is 0 Å². The Morgan fingerprint density at radius 1 is 1.39 bits per heavy atom. The van der Waals surface area contributed by atoms with Crippen molar-refractivity contribution in [3.63, 3.8) is 0 Å². The molecule has 1 amide bonds. The van der Waals surface area contributed by atoms with Crippen LogP contribution in [0, 0.1) is 5.82 Å². The number of amides is 1. The Morgan fingerprint density at radius 2 is 2.04 bits per heavy atom. The highest BCUT2D eigenvalue weighted by Gasteiger charge is 2.21. The number of hydrogen-bond donors (Lipinski definition) is 2. The predicted molar refractivity (Wildman–Crippen MR) is 87.8 cm³/mol. The molecule has 0 bridgehead atoms. The van der Waals surface area contributed by atoms with Crippen LogP contribution in [0.2, 0.25) is 0 Å². The fourth-order valence-electron chi connectivity index (χ4n) is 1.95. The lowest BCUT2D eigenvalue weighted by molar-refractivity contribution is -0.137. The van der Waals surface area contributed by atoms with Crippen molar-refractivity contribution >= 4 is 28.0 Å². The summed E-state index contributed by atoms with van der Waals surface area (Å²) in [5, 5.41) is 11.5. The number of rotatable bonds is 6. The molecule has 7 heteroatoms. The number of benzene rings is 1. The van der Waals surface area contributed by atoms with Gasteiger partial charge in [0.25, 0.3) is 0 Å². The van der Waals surface area contributed by atoms with Crippen molar-refractivity contribution in [3.8, 4) is 0 Å². The van der Waals surface area contributed by atoms with Gasteiger partial charge in [0.1, 0.15) is 11.4 Å². The molecular weight excluding hydrogens is 369 g/mol. The third-order valence-electron chi connectivity index (χ3n) is 2.91. The van der Waals surface area contributed by atoms with E-state index in [2.05, 4.69) is 21.2 Å². The second-order valence-electron chi connectivity index (χ2n) is 6.22. The Kier molecular flexibility index (Phi) is 7.00. The highest BCUT2D eigenvalue weighted by Crippen LogP contribution is 2.21. The Balaban J connectivity index is 2.79. The van der Waals surface area contributed by atoms with Crippen LogP contribution < -0.4 is 5.32 Å². The first kappa shape index (κ1) is 19.4. The molecule has 0 aliphatic heterocycles. The monoisotopic (exact) mass is 389 g/mol. The second-order valence-corrected chi connectivity index (χ2v) is 7.07. The minimum Gasteiger partial charge on any atom is -0.481 e. The molecule has 1 unspecified atom stereocenters. The van der Waals surface area contributed by atoms with Crippen molar-refractivity contribution in [3.05, 3.63) is 34.1 Å². The molecule has 128 valence electrons. The molecule has 1 aromatic rings. The van der Waals surface area contributed by atoms with Crippen molar-refractivity contribution in [2.24, 2.45) is 0 Å². The van der Waals surface area contributed by atoms with Crippen LogP contribution in [0.3, 0.4) is 0 Å². The summed E-state index contributed by atoms with van der Waals surface area (Å²) in [7, 11) is 0. The zero-order valence-corrected chi connectivity index (χ0v) is 14.9. The maximum absolute atomic E-state index is 13.1. The summed E-state index contributed by atoms with van der Waals surface area (Å²) >= 11 is 3.27. The van der Waals surface area contributed by atoms with E-state index in [0.29, 0.717) is 10.9 Å². The van der Waals surface area contributed by atoms with Gasteiger partial charge in [0.05, 0.1) is 0 Å². The minimum absolute atomic E-state index is 0.0840. The number of aliphatic carboxylic acids is 1. The topological polar surface area (TPSA) is 75.6 Å². The van der Waals surface area contributed by atoms with E-state index < -0.39 is 23.7 Å². The molecule has 5 nitrogen and oxygen atoms in total. The van der Waals surface area contributed by atoms with Crippen molar-refractivity contribution in [2.45, 2.75) is 51.7 Å². The van der Waals surface area contributed by atoms with Crippen LogP contribution in [0.4, 0.5) is 9.18 Å². The maximum atomic E-state index is 13.1. The van der Waals surface area contributed by atoms with Gasteiger partial charge < -0.3 is 15.2 Å². The lowest BCUT2D eigenvalue weighted by Gasteiger charge is -2.24. The number of halogens is 2. The molecule has 0 aromatic heterocycles. The molecular formula is C16H21BrFNO4. The van der Waals surface area contributed by atoms with Gasteiger partial charge in [-0.1, -0.05) is 22.0 Å². The third-order valence-corrected chi connectivity index (χ3v) is 3.65. The number of carbonyl (C=O) groups excluding carboxylic acids is 1. The van der Waals surface area contributed by atoms with Crippen molar-refractivity contribution in [2.75, 3.05) is 0 Å². The van der Waals surface area contributed by atoms with Crippen molar-refractivity contribution in [1.29, 1.82) is 0 Å². The predicted octanol–water partition coefficient (Wildman–Crippen LogP) is 3.89. The molecule has 23 heavy (non-hydrogen) atoms. The third kappa shape index (κ3) is 7.97. The van der Waals surface area contributed by atoms with Gasteiger partial charge in [-0.2, -0.15) is 0 Å². The molecule has 0 saturated carbocycles. The van der Waals surface area contributed by atoms with E-state index in [1.807, 2.05) is 0 Å². The fourth-order valence-corrected chi connectivity index (χ4v) is 2.46. The van der Waals surface area contributed by atoms with E-state index >= 15 is 0 Å². The van der Waals surface area contributed by atoms with E-state index in [1.165, 1.54) is 12.1 Å². The van der Waals surface area contributed by atoms with Crippen molar-refractivity contribution in [1.82, 2.24) is 5.32 Å². The SMILES string of the molecule is CC(C)(C)OC(=O)NC(CCC(=O)O)Cc1ccc(F)cc1Br. The smallest absolute Gasteiger partial charge is 0.407 e. The van der Waals surface area contributed by atoms with Crippen LogP contribution in [0.1, 0.15) is 39.2 Å². The molecule has 2 N–H and O–H groups in total. The van der Waals surface area contributed by atoms with Crippen LogP contribution in [-0.4, -0.2) is 28.8 Å². The summed E-state index contributed by atoms with van der Waals surface area (Å²) in [6.45, 7) is 5.24. The first-order chi connectivity index (χ1) is 10.6. The van der Waals surface area contributed by atoms with Gasteiger partial charge in [-0.25, -0.2) is 9.18 Å². The number of carboxylic acid groups (broad SMARTS) is 1. The Hall–Kier alpha value is -1.63. The fraction of sp³-hybridized carbons (Fsp3) is 0.500. The zero-order valence-electron chi connectivity index (χ0n) is 13.4. The van der Waals surface area contributed by atoms with Crippen molar-refractivity contribution < 1.29 is 23.8 Å². The maximum Gasteiger partial charge on any atom is 0.407 e. The van der Waals surface area contributed by atoms with Crippen LogP contribution in [-0.2, 0) is 16.0 Å². The van der Waals surface area contributed by atoms with Gasteiger partial charge in [-0.3, -0.25) is 4.79 Å². The number of nitrogens with one attached hydrogen (secondary N) is 1. The number of ether oxygens (including phenoxy) is 1. The minimum atomic E-state index is -0.945. The first-order valence-corrected chi connectivity index (χ1v) is 8.01. The summed E-state index contributed by atoms with van der Waals surface area (Å²) in [5.74, 6) is -1.32. The number of alkyl carbamates (subject to hydrolysis) is 1. The molecule has 0 saturated heterocycles. The average molecular weight is 390 g/mol. The highest BCUT2D eigenvalue weighted by atomic mass is 79.9. The normalized spacial score (nSPS) is 12.6. The van der Waals surface area contributed by atoms with Gasteiger partial charge in [-0.05, 0) is 51.3 Å². The summed E-state index contributed by atoms with van der Waals surface area (Å²) in [5.41, 5.74) is 0.135. The van der Waals surface area contributed by atoms with Crippen LogP contribution in [0.15, 0.2) is 22.7 Å². The largest absolute Gasteiger partial charge is 0.481 e. The number of carboxylic acids is 1. The quantitative estimate of drug-likeness (QED) is 0.773. The first-order valence-electron chi connectivity index (χ1n) is 7.22.